The van der Waals surface area contributed by atoms with Crippen LogP contribution in [0.2, 0.25) is 0 Å². The van der Waals surface area contributed by atoms with Gasteiger partial charge in [0.15, 0.2) is 0 Å². The fourth-order valence-electron chi connectivity index (χ4n) is 3.52. The molecule has 2 fully saturated rings. The van der Waals surface area contributed by atoms with E-state index >= 15 is 0 Å². The van der Waals surface area contributed by atoms with E-state index in [2.05, 4.69) is 29.3 Å². The molecule has 0 bridgehead atoms. The smallest absolute Gasteiger partial charge is 0.224 e. The molecular weight excluding hydrogens is 314 g/mol. The summed E-state index contributed by atoms with van der Waals surface area (Å²) in [6.07, 6.45) is 3.52. The highest BCUT2D eigenvalue weighted by Crippen LogP contribution is 2.37. The third kappa shape index (κ3) is 5.21. The number of hydrogen-bond acceptors (Lipinski definition) is 3. The van der Waals surface area contributed by atoms with Crippen LogP contribution in [-0.2, 0) is 9.59 Å². The van der Waals surface area contributed by atoms with Crippen LogP contribution >= 0.6 is 0 Å². The molecule has 5 heteroatoms. The van der Waals surface area contributed by atoms with E-state index in [-0.39, 0.29) is 11.8 Å². The molecule has 1 heterocycles. The number of anilines is 1. The standard InChI is InChI=1S/C20H29N3O2/c1-16(17-7-8-17)15-19(24)21-10-9-20(25)23-13-11-22(12-14-23)18-5-3-2-4-6-18/h2-6,16-17H,7-15H2,1H3,(H,21,24)/t16-/m1/s1. The molecule has 0 unspecified atom stereocenters. The van der Waals surface area contributed by atoms with E-state index in [4.69, 9.17) is 0 Å². The molecule has 0 aromatic heterocycles. The molecule has 1 saturated heterocycles. The minimum absolute atomic E-state index is 0.0843. The number of rotatable bonds is 7. The zero-order valence-corrected chi connectivity index (χ0v) is 15.1. The van der Waals surface area contributed by atoms with Gasteiger partial charge in [0.05, 0.1) is 0 Å². The van der Waals surface area contributed by atoms with Crippen molar-refractivity contribution in [3.63, 3.8) is 0 Å². The second-order valence-electron chi connectivity index (χ2n) is 7.32. The highest BCUT2D eigenvalue weighted by molar-refractivity contribution is 5.79. The maximum absolute atomic E-state index is 12.3. The van der Waals surface area contributed by atoms with Gasteiger partial charge in [0.25, 0.3) is 0 Å². The molecule has 1 atom stereocenters. The van der Waals surface area contributed by atoms with Gasteiger partial charge in [0.1, 0.15) is 0 Å². The molecule has 25 heavy (non-hydrogen) atoms. The fourth-order valence-corrected chi connectivity index (χ4v) is 3.52. The number of nitrogens with zero attached hydrogens (tertiary/aromatic N) is 2. The molecule has 2 aliphatic rings. The predicted molar refractivity (Wildman–Crippen MR) is 99.4 cm³/mol. The molecule has 0 radical (unpaired) electrons. The van der Waals surface area contributed by atoms with Crippen LogP contribution in [0.1, 0.15) is 32.6 Å². The van der Waals surface area contributed by atoms with E-state index in [9.17, 15) is 9.59 Å². The molecule has 1 aromatic rings. The lowest BCUT2D eigenvalue weighted by Gasteiger charge is -2.36. The molecule has 5 nitrogen and oxygen atoms in total. The summed E-state index contributed by atoms with van der Waals surface area (Å²) in [6.45, 7) is 5.82. The largest absolute Gasteiger partial charge is 0.368 e. The van der Waals surface area contributed by atoms with Crippen LogP contribution in [-0.4, -0.2) is 49.4 Å². The number of carbonyl (C=O) groups excluding carboxylic acids is 2. The van der Waals surface area contributed by atoms with Crippen LogP contribution in [0.3, 0.4) is 0 Å². The third-order valence-electron chi connectivity index (χ3n) is 5.35. The normalized spacial score (nSPS) is 18.8. The van der Waals surface area contributed by atoms with Gasteiger partial charge in [-0.3, -0.25) is 9.59 Å². The highest BCUT2D eigenvalue weighted by Gasteiger charge is 2.29. The van der Waals surface area contributed by atoms with Gasteiger partial charge in [-0.05, 0) is 36.8 Å². The number of carbonyl (C=O) groups is 2. The van der Waals surface area contributed by atoms with Crippen LogP contribution in [0.15, 0.2) is 30.3 Å². The van der Waals surface area contributed by atoms with E-state index in [1.807, 2.05) is 23.1 Å². The van der Waals surface area contributed by atoms with E-state index in [0.29, 0.717) is 25.3 Å². The summed E-state index contributed by atoms with van der Waals surface area (Å²) in [5, 5.41) is 2.90. The Kier molecular flexibility index (Phi) is 5.95. The molecule has 1 N–H and O–H groups in total. The first-order valence-electron chi connectivity index (χ1n) is 9.48. The maximum Gasteiger partial charge on any atom is 0.224 e. The summed E-state index contributed by atoms with van der Waals surface area (Å²) in [7, 11) is 0. The number of hydrogen-bond donors (Lipinski definition) is 1. The van der Waals surface area contributed by atoms with Crippen molar-refractivity contribution in [2.75, 3.05) is 37.6 Å². The Balaban J connectivity index is 1.33. The zero-order valence-electron chi connectivity index (χ0n) is 15.1. The Bertz CT molecular complexity index is 578. The van der Waals surface area contributed by atoms with E-state index in [1.165, 1.54) is 18.5 Å². The van der Waals surface area contributed by atoms with Gasteiger partial charge in [-0.1, -0.05) is 25.1 Å². The number of piperazine rings is 1. The molecule has 3 rings (SSSR count). The molecule has 1 aromatic carbocycles. The monoisotopic (exact) mass is 343 g/mol. The quantitative estimate of drug-likeness (QED) is 0.826. The van der Waals surface area contributed by atoms with Gasteiger partial charge in [0.2, 0.25) is 11.8 Å². The summed E-state index contributed by atoms with van der Waals surface area (Å²) in [4.78, 5) is 28.4. The Morgan fingerprint density at radius 3 is 2.44 bits per heavy atom. The summed E-state index contributed by atoms with van der Waals surface area (Å²) >= 11 is 0. The van der Waals surface area contributed by atoms with Crippen molar-refractivity contribution in [2.24, 2.45) is 11.8 Å². The van der Waals surface area contributed by atoms with Gasteiger partial charge in [-0.2, -0.15) is 0 Å². The van der Waals surface area contributed by atoms with Crippen LogP contribution < -0.4 is 10.2 Å². The molecule has 0 spiro atoms. The Morgan fingerprint density at radius 2 is 1.80 bits per heavy atom. The van der Waals surface area contributed by atoms with Gasteiger partial charge in [-0.15, -0.1) is 0 Å². The maximum atomic E-state index is 12.3. The van der Waals surface area contributed by atoms with Crippen LogP contribution in [0.5, 0.6) is 0 Å². The fraction of sp³-hybridized carbons (Fsp3) is 0.600. The summed E-state index contributed by atoms with van der Waals surface area (Å²) in [6, 6.07) is 10.3. The minimum Gasteiger partial charge on any atom is -0.368 e. The first-order chi connectivity index (χ1) is 12.1. The van der Waals surface area contributed by atoms with Gasteiger partial charge in [0, 0.05) is 51.3 Å². The Morgan fingerprint density at radius 1 is 1.12 bits per heavy atom. The lowest BCUT2D eigenvalue weighted by Crippen LogP contribution is -2.49. The van der Waals surface area contributed by atoms with Gasteiger partial charge in [-0.25, -0.2) is 0 Å². The van der Waals surface area contributed by atoms with Gasteiger partial charge >= 0.3 is 0 Å². The number of amides is 2. The van der Waals surface area contributed by atoms with E-state index in [1.54, 1.807) is 0 Å². The first-order valence-corrected chi connectivity index (χ1v) is 9.48. The van der Waals surface area contributed by atoms with Crippen molar-refractivity contribution in [1.82, 2.24) is 10.2 Å². The molecule has 1 aliphatic heterocycles. The average Bonchev–Trinajstić information content (AvgIpc) is 3.48. The first kappa shape index (κ1) is 17.8. The van der Waals surface area contributed by atoms with Crippen LogP contribution in [0.25, 0.3) is 0 Å². The van der Waals surface area contributed by atoms with Crippen molar-refractivity contribution < 1.29 is 9.59 Å². The highest BCUT2D eigenvalue weighted by atomic mass is 16.2. The van der Waals surface area contributed by atoms with Crippen molar-refractivity contribution in [3.05, 3.63) is 30.3 Å². The van der Waals surface area contributed by atoms with Crippen LogP contribution in [0, 0.1) is 11.8 Å². The lowest BCUT2D eigenvalue weighted by atomic mass is 10.0. The topological polar surface area (TPSA) is 52.7 Å². The zero-order chi connectivity index (χ0) is 17.6. The number of para-hydroxylation sites is 1. The second kappa shape index (κ2) is 8.37. The lowest BCUT2D eigenvalue weighted by molar-refractivity contribution is -0.131. The van der Waals surface area contributed by atoms with Crippen LogP contribution in [0.4, 0.5) is 5.69 Å². The Hall–Kier alpha value is -2.04. The van der Waals surface area contributed by atoms with Gasteiger partial charge < -0.3 is 15.1 Å². The SMILES string of the molecule is C[C@H](CC(=O)NCCC(=O)N1CCN(c2ccccc2)CC1)C1CC1. The summed E-state index contributed by atoms with van der Waals surface area (Å²) in [5.74, 6) is 1.44. The number of nitrogens with one attached hydrogen (secondary N) is 1. The van der Waals surface area contributed by atoms with Crippen molar-refractivity contribution in [2.45, 2.75) is 32.6 Å². The third-order valence-corrected chi connectivity index (χ3v) is 5.35. The molecule has 1 saturated carbocycles. The molecule has 136 valence electrons. The summed E-state index contributed by atoms with van der Waals surface area (Å²) in [5.41, 5.74) is 1.21. The van der Waals surface area contributed by atoms with E-state index in [0.717, 1.165) is 32.1 Å². The molecule has 2 amide bonds. The van der Waals surface area contributed by atoms with Crippen molar-refractivity contribution >= 4 is 17.5 Å². The summed E-state index contributed by atoms with van der Waals surface area (Å²) < 4.78 is 0. The van der Waals surface area contributed by atoms with E-state index < -0.39 is 0 Å². The Labute approximate surface area is 150 Å². The molecule has 1 aliphatic carbocycles. The van der Waals surface area contributed by atoms with Crippen molar-refractivity contribution in [1.29, 1.82) is 0 Å². The number of benzene rings is 1. The van der Waals surface area contributed by atoms with Crippen molar-refractivity contribution in [3.8, 4) is 0 Å². The minimum atomic E-state index is 0.0843. The second-order valence-corrected chi connectivity index (χ2v) is 7.32. The molecular formula is C20H29N3O2. The average molecular weight is 343 g/mol. The predicted octanol–water partition coefficient (Wildman–Crippen LogP) is 2.28.